The van der Waals surface area contributed by atoms with Gasteiger partial charge in [-0.3, -0.25) is 9.78 Å². The SMILES string of the molecule is CN(CC1CCCCC1)c1c(C#N)cnc2ccc(C#CCNC(=O)C3=CC=CN(Cc4ccc(F)c(F)c4)C3)cc12. The molecule has 1 amide bonds. The van der Waals surface area contributed by atoms with Crippen LogP contribution in [-0.2, 0) is 11.3 Å². The average molecular weight is 566 g/mol. The molecule has 1 saturated carbocycles. The molecule has 6 nitrogen and oxygen atoms in total. The molecule has 0 bridgehead atoms. The van der Waals surface area contributed by atoms with Crippen LogP contribution in [0.4, 0.5) is 14.5 Å². The Labute approximate surface area is 245 Å². The number of anilines is 1. The first-order valence-corrected chi connectivity index (χ1v) is 14.3. The van der Waals surface area contributed by atoms with Crippen molar-refractivity contribution in [3.63, 3.8) is 0 Å². The molecule has 214 valence electrons. The quantitative estimate of drug-likeness (QED) is 0.366. The number of rotatable bonds is 7. The highest BCUT2D eigenvalue weighted by atomic mass is 19.2. The molecule has 2 heterocycles. The van der Waals surface area contributed by atoms with E-state index in [1.165, 1.54) is 44.2 Å². The second kappa shape index (κ2) is 13.3. The van der Waals surface area contributed by atoms with Crippen molar-refractivity contribution >= 4 is 22.5 Å². The largest absolute Gasteiger partial charge is 0.373 e. The summed E-state index contributed by atoms with van der Waals surface area (Å²) in [5.41, 5.74) is 4.18. The van der Waals surface area contributed by atoms with E-state index in [9.17, 15) is 18.8 Å². The van der Waals surface area contributed by atoms with Crippen LogP contribution in [-0.4, -0.2) is 42.5 Å². The molecular weight excluding hydrogens is 532 g/mol. The highest BCUT2D eigenvalue weighted by Gasteiger charge is 2.20. The molecule has 3 aromatic rings. The van der Waals surface area contributed by atoms with Crippen molar-refractivity contribution in [3.8, 4) is 17.9 Å². The van der Waals surface area contributed by atoms with E-state index in [4.69, 9.17) is 0 Å². The molecule has 0 spiro atoms. The van der Waals surface area contributed by atoms with Crippen molar-refractivity contribution in [2.24, 2.45) is 5.92 Å². The third kappa shape index (κ3) is 6.95. The highest BCUT2D eigenvalue weighted by Crippen LogP contribution is 2.32. The van der Waals surface area contributed by atoms with Crippen LogP contribution in [0.2, 0.25) is 0 Å². The van der Waals surface area contributed by atoms with Gasteiger partial charge in [0.15, 0.2) is 11.6 Å². The number of nitrogens with zero attached hydrogens (tertiary/aromatic N) is 4. The Hall–Kier alpha value is -4.69. The maximum absolute atomic E-state index is 13.6. The van der Waals surface area contributed by atoms with Crippen LogP contribution in [0.3, 0.4) is 0 Å². The van der Waals surface area contributed by atoms with Gasteiger partial charge in [-0.25, -0.2) is 8.78 Å². The molecule has 0 unspecified atom stereocenters. The summed E-state index contributed by atoms with van der Waals surface area (Å²) >= 11 is 0. The lowest BCUT2D eigenvalue weighted by Crippen LogP contribution is -2.32. The number of carbonyl (C=O) groups excluding carboxylic acids is 1. The van der Waals surface area contributed by atoms with Gasteiger partial charge in [0, 0.05) is 49.4 Å². The van der Waals surface area contributed by atoms with E-state index in [1.54, 1.807) is 18.3 Å². The lowest BCUT2D eigenvalue weighted by molar-refractivity contribution is -0.117. The van der Waals surface area contributed by atoms with Crippen molar-refractivity contribution in [2.75, 3.05) is 31.6 Å². The van der Waals surface area contributed by atoms with Gasteiger partial charge >= 0.3 is 0 Å². The third-order valence-corrected chi connectivity index (χ3v) is 7.80. The Balaban J connectivity index is 1.22. The van der Waals surface area contributed by atoms with Crippen molar-refractivity contribution in [1.82, 2.24) is 15.2 Å². The van der Waals surface area contributed by atoms with E-state index in [1.807, 2.05) is 36.3 Å². The van der Waals surface area contributed by atoms with E-state index < -0.39 is 11.6 Å². The zero-order valence-electron chi connectivity index (χ0n) is 23.7. The fraction of sp³-hybridized carbons (Fsp3) is 0.324. The number of halogens is 2. The maximum atomic E-state index is 13.6. The molecule has 0 radical (unpaired) electrons. The smallest absolute Gasteiger partial charge is 0.249 e. The predicted octanol–water partition coefficient (Wildman–Crippen LogP) is 5.82. The number of amides is 1. The molecule has 0 atom stereocenters. The minimum Gasteiger partial charge on any atom is -0.373 e. The molecule has 42 heavy (non-hydrogen) atoms. The van der Waals surface area contributed by atoms with Gasteiger partial charge in [0.1, 0.15) is 6.07 Å². The second-order valence-electron chi connectivity index (χ2n) is 10.9. The second-order valence-corrected chi connectivity index (χ2v) is 10.9. The minimum absolute atomic E-state index is 0.159. The lowest BCUT2D eigenvalue weighted by Gasteiger charge is -2.29. The molecule has 1 aliphatic carbocycles. The number of fused-ring (bicyclic) bond motifs is 1. The number of pyridine rings is 1. The van der Waals surface area contributed by atoms with Crippen LogP contribution in [0.25, 0.3) is 10.9 Å². The number of allylic oxidation sites excluding steroid dienone is 2. The Kier molecular flexibility index (Phi) is 9.14. The summed E-state index contributed by atoms with van der Waals surface area (Å²) < 4.78 is 26.8. The summed E-state index contributed by atoms with van der Waals surface area (Å²) in [5, 5.41) is 13.6. The van der Waals surface area contributed by atoms with Crippen LogP contribution in [0, 0.1) is 40.7 Å². The number of nitrogens with one attached hydrogen (secondary N) is 1. The highest BCUT2D eigenvalue weighted by molar-refractivity contribution is 5.95. The average Bonchev–Trinajstić information content (AvgIpc) is 3.01. The van der Waals surface area contributed by atoms with Crippen molar-refractivity contribution in [2.45, 2.75) is 38.6 Å². The van der Waals surface area contributed by atoms with E-state index in [-0.39, 0.29) is 12.5 Å². The van der Waals surface area contributed by atoms with Crippen LogP contribution < -0.4 is 10.2 Å². The van der Waals surface area contributed by atoms with E-state index in [0.717, 1.165) is 34.8 Å². The van der Waals surface area contributed by atoms with Gasteiger partial charge in [-0.1, -0.05) is 43.2 Å². The van der Waals surface area contributed by atoms with Crippen molar-refractivity contribution in [3.05, 3.63) is 94.8 Å². The van der Waals surface area contributed by atoms with Crippen LogP contribution >= 0.6 is 0 Å². The van der Waals surface area contributed by atoms with Gasteiger partial charge in [0.2, 0.25) is 5.91 Å². The lowest BCUT2D eigenvalue weighted by atomic mass is 9.89. The van der Waals surface area contributed by atoms with Gasteiger partial charge in [0.05, 0.1) is 23.3 Å². The Morgan fingerprint density at radius 1 is 1.14 bits per heavy atom. The summed E-state index contributed by atoms with van der Waals surface area (Å²) in [7, 11) is 2.05. The van der Waals surface area contributed by atoms with Crippen LogP contribution in [0.5, 0.6) is 0 Å². The molecule has 1 N–H and O–H groups in total. The molecule has 2 aromatic carbocycles. The number of hydrogen-bond acceptors (Lipinski definition) is 5. The number of benzene rings is 2. The summed E-state index contributed by atoms with van der Waals surface area (Å²) in [6, 6.07) is 11.9. The first kappa shape index (κ1) is 28.8. The molecule has 1 aromatic heterocycles. The summed E-state index contributed by atoms with van der Waals surface area (Å²) in [6.07, 6.45) is 13.2. The molecule has 5 rings (SSSR count). The normalized spacial score (nSPS) is 15.0. The van der Waals surface area contributed by atoms with E-state index in [2.05, 4.69) is 33.1 Å². The van der Waals surface area contributed by atoms with Gasteiger partial charge in [-0.15, -0.1) is 0 Å². The van der Waals surface area contributed by atoms with E-state index in [0.29, 0.717) is 35.7 Å². The number of aromatic nitrogens is 1. The summed E-state index contributed by atoms with van der Waals surface area (Å²) in [6.45, 7) is 1.75. The Morgan fingerprint density at radius 3 is 2.76 bits per heavy atom. The maximum Gasteiger partial charge on any atom is 0.249 e. The zero-order chi connectivity index (χ0) is 29.5. The van der Waals surface area contributed by atoms with Gasteiger partial charge in [-0.05, 0) is 66.9 Å². The molecule has 0 saturated heterocycles. The van der Waals surface area contributed by atoms with E-state index >= 15 is 0 Å². The van der Waals surface area contributed by atoms with Gasteiger partial charge in [-0.2, -0.15) is 5.26 Å². The van der Waals surface area contributed by atoms with Crippen molar-refractivity contribution in [1.29, 1.82) is 5.26 Å². The molecule has 8 heteroatoms. The van der Waals surface area contributed by atoms with Crippen LogP contribution in [0.1, 0.15) is 48.8 Å². The summed E-state index contributed by atoms with van der Waals surface area (Å²) in [5.74, 6) is 4.76. The van der Waals surface area contributed by atoms with Crippen LogP contribution in [0.15, 0.2) is 66.5 Å². The van der Waals surface area contributed by atoms with Gasteiger partial charge in [0.25, 0.3) is 0 Å². The predicted molar refractivity (Wildman–Crippen MR) is 160 cm³/mol. The first-order chi connectivity index (χ1) is 20.4. The number of nitriles is 1. The standard InChI is InChI=1S/C34H33F2N5O/c1-40(21-25-7-3-2-4-8-25)33-28(19-37)20-39-32-14-12-24(17-29(32)33)9-5-15-38-34(42)27-10-6-16-41(23-27)22-26-11-13-30(35)31(36)18-26/h6,10-14,16-18,20,25H,2-4,7-8,15,21-23H2,1H3,(H,38,42). The topological polar surface area (TPSA) is 72.3 Å². The fourth-order valence-corrected chi connectivity index (χ4v) is 5.72. The minimum atomic E-state index is -0.892. The van der Waals surface area contributed by atoms with Crippen molar-refractivity contribution < 1.29 is 13.6 Å². The summed E-state index contributed by atoms with van der Waals surface area (Å²) in [4.78, 5) is 21.3. The molecule has 2 aliphatic rings. The first-order valence-electron chi connectivity index (χ1n) is 14.3. The Bertz CT molecular complexity index is 1640. The molecule has 1 aliphatic heterocycles. The zero-order valence-corrected chi connectivity index (χ0v) is 23.7. The number of carbonyl (C=O) groups is 1. The van der Waals surface area contributed by atoms with Gasteiger partial charge < -0.3 is 15.1 Å². The Morgan fingerprint density at radius 2 is 1.98 bits per heavy atom. The molecular formula is C34H33F2N5O. The molecule has 1 fully saturated rings. The monoisotopic (exact) mass is 565 g/mol. The number of hydrogen-bond donors (Lipinski definition) is 1. The third-order valence-electron chi connectivity index (χ3n) is 7.80. The fourth-order valence-electron chi connectivity index (χ4n) is 5.72.